The van der Waals surface area contributed by atoms with Crippen molar-refractivity contribution in [3.05, 3.63) is 60.4 Å². The van der Waals surface area contributed by atoms with Crippen LogP contribution in [0.1, 0.15) is 12.0 Å². The van der Waals surface area contributed by atoms with E-state index >= 15 is 0 Å². The number of piperazine rings is 1. The molecule has 0 aliphatic carbocycles. The van der Waals surface area contributed by atoms with Gasteiger partial charge in [-0.15, -0.1) is 0 Å². The van der Waals surface area contributed by atoms with Crippen LogP contribution in [0.15, 0.2) is 54.9 Å². The summed E-state index contributed by atoms with van der Waals surface area (Å²) in [5.41, 5.74) is 0.935. The van der Waals surface area contributed by atoms with Gasteiger partial charge in [0.05, 0.1) is 5.75 Å². The first-order chi connectivity index (χ1) is 14.0. The van der Waals surface area contributed by atoms with E-state index in [1.54, 1.807) is 24.5 Å². The van der Waals surface area contributed by atoms with Gasteiger partial charge in [-0.1, -0.05) is 30.3 Å². The molecule has 1 saturated heterocycles. The fraction of sp³-hybridized carbons (Fsp3) is 0.350. The highest BCUT2D eigenvalue weighted by atomic mass is 32.2. The zero-order valence-corrected chi connectivity index (χ0v) is 17.0. The molecule has 0 radical (unpaired) electrons. The fourth-order valence-electron chi connectivity index (χ4n) is 3.01. The van der Waals surface area contributed by atoms with E-state index < -0.39 is 10.0 Å². The summed E-state index contributed by atoms with van der Waals surface area (Å²) >= 11 is 0. The Morgan fingerprint density at radius 3 is 2.41 bits per heavy atom. The lowest BCUT2D eigenvalue weighted by molar-refractivity contribution is -0.116. The number of hydrogen-bond donors (Lipinski definition) is 1. The molecule has 1 aromatic heterocycles. The van der Waals surface area contributed by atoms with E-state index in [9.17, 15) is 13.2 Å². The first kappa shape index (κ1) is 20.9. The molecule has 0 unspecified atom stereocenters. The molecule has 1 aliphatic rings. The third kappa shape index (κ3) is 6.37. The van der Waals surface area contributed by atoms with Crippen LogP contribution in [0, 0.1) is 0 Å². The molecule has 154 valence electrons. The minimum atomic E-state index is -3.35. The van der Waals surface area contributed by atoms with Gasteiger partial charge in [-0.25, -0.2) is 18.4 Å². The van der Waals surface area contributed by atoms with Gasteiger partial charge in [0.25, 0.3) is 0 Å². The highest BCUT2D eigenvalue weighted by Gasteiger charge is 2.27. The number of benzene rings is 1. The molecule has 9 heteroatoms. The molecular weight excluding hydrogens is 390 g/mol. The van der Waals surface area contributed by atoms with Crippen molar-refractivity contribution in [3.8, 4) is 0 Å². The molecule has 2 aromatic rings. The van der Waals surface area contributed by atoms with Gasteiger partial charge in [0.1, 0.15) is 0 Å². The predicted octanol–water partition coefficient (Wildman–Crippen LogP) is 1.15. The van der Waals surface area contributed by atoms with Crippen LogP contribution in [0.25, 0.3) is 6.08 Å². The predicted molar refractivity (Wildman–Crippen MR) is 113 cm³/mol. The lowest BCUT2D eigenvalue weighted by Crippen LogP contribution is -2.49. The Balaban J connectivity index is 1.38. The van der Waals surface area contributed by atoms with E-state index in [1.165, 1.54) is 10.4 Å². The summed E-state index contributed by atoms with van der Waals surface area (Å²) in [5.74, 6) is 0.399. The average Bonchev–Trinajstić information content (AvgIpc) is 2.77. The largest absolute Gasteiger partial charge is 0.353 e. The van der Waals surface area contributed by atoms with Crippen molar-refractivity contribution >= 4 is 28.0 Å². The molecule has 0 spiro atoms. The van der Waals surface area contributed by atoms with Gasteiger partial charge in [-0.2, -0.15) is 4.31 Å². The van der Waals surface area contributed by atoms with Gasteiger partial charge in [0.15, 0.2) is 0 Å². The Kier molecular flexibility index (Phi) is 7.31. The van der Waals surface area contributed by atoms with Crippen molar-refractivity contribution in [2.45, 2.75) is 6.42 Å². The standard InChI is InChI=1S/C20H25N5O3S/c26-19(9-8-18-6-2-1-3-7-18)21-12-5-17-29(27,28)25-15-13-24(14-16-25)20-22-10-4-11-23-20/h1-4,6-11H,5,12-17H2,(H,21,26). The molecule has 29 heavy (non-hydrogen) atoms. The van der Waals surface area contributed by atoms with Crippen LogP contribution in [-0.4, -0.2) is 67.1 Å². The second kappa shape index (κ2) is 10.1. The highest BCUT2D eigenvalue weighted by molar-refractivity contribution is 7.89. The Morgan fingerprint density at radius 2 is 1.72 bits per heavy atom. The lowest BCUT2D eigenvalue weighted by atomic mass is 10.2. The molecule has 1 aromatic carbocycles. The second-order valence-corrected chi connectivity index (χ2v) is 8.73. The van der Waals surface area contributed by atoms with E-state index in [0.717, 1.165) is 5.56 Å². The van der Waals surface area contributed by atoms with Crippen LogP contribution in [0.5, 0.6) is 0 Å². The summed E-state index contributed by atoms with van der Waals surface area (Å²) in [6, 6.07) is 11.3. The number of aromatic nitrogens is 2. The minimum Gasteiger partial charge on any atom is -0.353 e. The van der Waals surface area contributed by atoms with Crippen molar-refractivity contribution < 1.29 is 13.2 Å². The Morgan fingerprint density at radius 1 is 1.03 bits per heavy atom. The molecule has 2 heterocycles. The normalized spacial score (nSPS) is 15.5. The first-order valence-electron chi connectivity index (χ1n) is 9.55. The molecule has 1 amide bonds. The average molecular weight is 416 g/mol. The van der Waals surface area contributed by atoms with Crippen molar-refractivity contribution in [2.75, 3.05) is 43.4 Å². The zero-order chi connectivity index (χ0) is 20.5. The SMILES string of the molecule is O=C(C=Cc1ccccc1)NCCCS(=O)(=O)N1CCN(c2ncccn2)CC1. The molecule has 1 aliphatic heterocycles. The van der Waals surface area contributed by atoms with Crippen LogP contribution in [0.3, 0.4) is 0 Å². The molecule has 0 bridgehead atoms. The lowest BCUT2D eigenvalue weighted by Gasteiger charge is -2.33. The molecular formula is C20H25N5O3S. The number of hydrogen-bond acceptors (Lipinski definition) is 6. The Bertz CT molecular complexity index is 912. The number of nitrogens with zero attached hydrogens (tertiary/aromatic N) is 4. The van der Waals surface area contributed by atoms with Crippen molar-refractivity contribution in [3.63, 3.8) is 0 Å². The molecule has 3 rings (SSSR count). The molecule has 0 atom stereocenters. The maximum atomic E-state index is 12.5. The fourth-order valence-corrected chi connectivity index (χ4v) is 4.50. The van der Waals surface area contributed by atoms with E-state index in [4.69, 9.17) is 0 Å². The van der Waals surface area contributed by atoms with Crippen LogP contribution in [0.4, 0.5) is 5.95 Å². The number of carbonyl (C=O) groups is 1. The summed E-state index contributed by atoms with van der Waals surface area (Å²) in [7, 11) is -3.35. The number of sulfonamides is 1. The number of rotatable bonds is 8. The zero-order valence-electron chi connectivity index (χ0n) is 16.1. The summed E-state index contributed by atoms with van der Waals surface area (Å²) in [4.78, 5) is 22.2. The summed E-state index contributed by atoms with van der Waals surface area (Å²) in [6.07, 6.45) is 6.90. The van der Waals surface area contributed by atoms with E-state index in [-0.39, 0.29) is 11.7 Å². The maximum absolute atomic E-state index is 12.5. The van der Waals surface area contributed by atoms with Gasteiger partial charge in [-0.05, 0) is 24.1 Å². The Hall–Kier alpha value is -2.78. The van der Waals surface area contributed by atoms with Crippen molar-refractivity contribution in [1.29, 1.82) is 0 Å². The number of anilines is 1. The van der Waals surface area contributed by atoms with E-state index in [1.807, 2.05) is 35.2 Å². The maximum Gasteiger partial charge on any atom is 0.243 e. The summed E-state index contributed by atoms with van der Waals surface area (Å²) in [5, 5.41) is 2.72. The van der Waals surface area contributed by atoms with Gasteiger partial charge < -0.3 is 10.2 Å². The van der Waals surface area contributed by atoms with E-state index in [0.29, 0.717) is 45.1 Å². The highest BCUT2D eigenvalue weighted by Crippen LogP contribution is 2.13. The van der Waals surface area contributed by atoms with Gasteiger partial charge in [0, 0.05) is 51.2 Å². The molecule has 1 fully saturated rings. The Labute approximate surface area is 171 Å². The number of amides is 1. The summed E-state index contributed by atoms with van der Waals surface area (Å²) < 4.78 is 26.6. The van der Waals surface area contributed by atoms with Crippen LogP contribution >= 0.6 is 0 Å². The third-order valence-corrected chi connectivity index (χ3v) is 6.53. The molecule has 8 nitrogen and oxygen atoms in total. The minimum absolute atomic E-state index is 0.0114. The molecule has 1 N–H and O–H groups in total. The van der Waals surface area contributed by atoms with Crippen molar-refractivity contribution in [1.82, 2.24) is 19.6 Å². The topological polar surface area (TPSA) is 95.5 Å². The summed E-state index contributed by atoms with van der Waals surface area (Å²) in [6.45, 7) is 2.25. The van der Waals surface area contributed by atoms with Gasteiger partial charge in [-0.3, -0.25) is 4.79 Å². The quantitative estimate of drug-likeness (QED) is 0.513. The molecule has 0 saturated carbocycles. The van der Waals surface area contributed by atoms with Crippen LogP contribution < -0.4 is 10.2 Å². The smallest absolute Gasteiger partial charge is 0.243 e. The van der Waals surface area contributed by atoms with Crippen LogP contribution in [-0.2, 0) is 14.8 Å². The van der Waals surface area contributed by atoms with Crippen molar-refractivity contribution in [2.24, 2.45) is 0 Å². The monoisotopic (exact) mass is 415 g/mol. The second-order valence-electron chi connectivity index (χ2n) is 6.64. The van der Waals surface area contributed by atoms with Crippen LogP contribution in [0.2, 0.25) is 0 Å². The van der Waals surface area contributed by atoms with Gasteiger partial charge >= 0.3 is 0 Å². The van der Waals surface area contributed by atoms with E-state index in [2.05, 4.69) is 15.3 Å². The van der Waals surface area contributed by atoms with Gasteiger partial charge in [0.2, 0.25) is 21.9 Å². The number of carbonyl (C=O) groups excluding carboxylic acids is 1. The third-order valence-electron chi connectivity index (χ3n) is 4.57. The first-order valence-corrected chi connectivity index (χ1v) is 11.2. The number of nitrogens with one attached hydrogen (secondary N) is 1.